The molecule has 0 radical (unpaired) electrons. The summed E-state index contributed by atoms with van der Waals surface area (Å²) in [7, 11) is 0. The first-order valence-corrected chi connectivity index (χ1v) is 7.47. The van der Waals surface area contributed by atoms with Crippen molar-refractivity contribution < 1.29 is 24.9 Å². The number of esters is 1. The smallest absolute Gasteiger partial charge is 0.341 e. The average molecular weight is 299 g/mol. The number of carbonyl (C=O) groups excluding carboxylic acids is 1. The quantitative estimate of drug-likeness (QED) is 0.476. The predicted molar refractivity (Wildman–Crippen MR) is 76.5 cm³/mol. The van der Waals surface area contributed by atoms with Crippen LogP contribution < -0.4 is 0 Å². The van der Waals surface area contributed by atoms with E-state index < -0.39 is 23.6 Å². The van der Waals surface area contributed by atoms with E-state index in [0.717, 1.165) is 18.7 Å². The largest absolute Gasteiger partial charge is 0.458 e. The Morgan fingerprint density at radius 3 is 2.71 bits per heavy atom. The first-order valence-electron chi connectivity index (χ1n) is 7.47. The first-order chi connectivity index (χ1) is 9.82. The molecule has 2 aliphatic rings. The molecule has 0 aromatic heterocycles. The highest BCUT2D eigenvalue weighted by Crippen LogP contribution is 2.33. The van der Waals surface area contributed by atoms with Crippen LogP contribution >= 0.6 is 0 Å². The van der Waals surface area contributed by atoms with Crippen LogP contribution in [0.2, 0.25) is 0 Å². The lowest BCUT2D eigenvalue weighted by Crippen LogP contribution is -2.54. The van der Waals surface area contributed by atoms with Gasteiger partial charge in [0, 0.05) is 13.1 Å². The van der Waals surface area contributed by atoms with Gasteiger partial charge in [0.1, 0.15) is 6.10 Å². The summed E-state index contributed by atoms with van der Waals surface area (Å²) < 4.78 is 5.50. The van der Waals surface area contributed by atoms with Gasteiger partial charge in [0.2, 0.25) is 0 Å². The molecule has 0 aliphatic carbocycles. The zero-order valence-corrected chi connectivity index (χ0v) is 12.8. The van der Waals surface area contributed by atoms with Gasteiger partial charge in [-0.1, -0.05) is 19.9 Å². The molecule has 0 amide bonds. The monoisotopic (exact) mass is 299 g/mol. The van der Waals surface area contributed by atoms with Crippen LogP contribution in [0.15, 0.2) is 11.6 Å². The SMILES string of the molecule is CC(C)[C@](O)(C(=O)O[C@H]1CCN2CC=C(CO)[C@H]12)[C@@H](C)O. The summed E-state index contributed by atoms with van der Waals surface area (Å²) in [4.78, 5) is 14.5. The van der Waals surface area contributed by atoms with Crippen molar-refractivity contribution >= 4 is 5.97 Å². The second kappa shape index (κ2) is 6.04. The zero-order valence-electron chi connectivity index (χ0n) is 12.8. The maximum Gasteiger partial charge on any atom is 0.341 e. The predicted octanol–water partition coefficient (Wildman–Crippen LogP) is -0.327. The van der Waals surface area contributed by atoms with Gasteiger partial charge in [-0.3, -0.25) is 4.90 Å². The van der Waals surface area contributed by atoms with Gasteiger partial charge in [0.05, 0.1) is 18.8 Å². The number of fused-ring (bicyclic) bond motifs is 1. The number of ether oxygens (including phenoxy) is 1. The van der Waals surface area contributed by atoms with E-state index in [9.17, 15) is 20.1 Å². The van der Waals surface area contributed by atoms with Crippen molar-refractivity contribution in [1.82, 2.24) is 4.90 Å². The standard InChI is InChI=1S/C15H25NO5/c1-9(2)15(20,10(3)18)14(19)21-12-5-7-16-6-4-11(8-17)13(12)16/h4,9-10,12-13,17-18,20H,5-8H2,1-3H3/t10-,12+,13-,15-/m1/s1. The molecule has 0 bridgehead atoms. The fraction of sp³-hybridized carbons (Fsp3) is 0.800. The summed E-state index contributed by atoms with van der Waals surface area (Å²) in [5, 5.41) is 29.6. The van der Waals surface area contributed by atoms with Crippen molar-refractivity contribution in [3.05, 3.63) is 11.6 Å². The van der Waals surface area contributed by atoms with E-state index in [4.69, 9.17) is 4.74 Å². The molecular weight excluding hydrogens is 274 g/mol. The minimum atomic E-state index is -1.91. The Balaban J connectivity index is 2.11. The number of hydrogen-bond donors (Lipinski definition) is 3. The second-order valence-electron chi connectivity index (χ2n) is 6.27. The first kappa shape index (κ1) is 16.4. The highest BCUT2D eigenvalue weighted by molar-refractivity contribution is 5.80. The average Bonchev–Trinajstić information content (AvgIpc) is 2.99. The fourth-order valence-corrected chi connectivity index (χ4v) is 3.26. The Morgan fingerprint density at radius 1 is 1.52 bits per heavy atom. The minimum Gasteiger partial charge on any atom is -0.458 e. The Kier molecular flexibility index (Phi) is 4.72. The van der Waals surface area contributed by atoms with Crippen LogP contribution in [0.4, 0.5) is 0 Å². The van der Waals surface area contributed by atoms with Crippen molar-refractivity contribution in [1.29, 1.82) is 0 Å². The van der Waals surface area contributed by atoms with Gasteiger partial charge in [-0.2, -0.15) is 0 Å². The van der Waals surface area contributed by atoms with Crippen molar-refractivity contribution in [2.45, 2.75) is 51.0 Å². The molecule has 120 valence electrons. The molecule has 0 aromatic carbocycles. The van der Waals surface area contributed by atoms with Crippen molar-refractivity contribution in [3.8, 4) is 0 Å². The molecule has 21 heavy (non-hydrogen) atoms. The molecule has 6 nitrogen and oxygen atoms in total. The Bertz CT molecular complexity index is 424. The molecule has 4 atom stereocenters. The van der Waals surface area contributed by atoms with Crippen LogP contribution in [0.25, 0.3) is 0 Å². The van der Waals surface area contributed by atoms with Gasteiger partial charge in [-0.25, -0.2) is 4.79 Å². The van der Waals surface area contributed by atoms with Crippen molar-refractivity contribution in [2.75, 3.05) is 19.7 Å². The van der Waals surface area contributed by atoms with E-state index in [-0.39, 0.29) is 18.8 Å². The van der Waals surface area contributed by atoms with Gasteiger partial charge < -0.3 is 20.1 Å². The van der Waals surface area contributed by atoms with E-state index in [2.05, 4.69) is 4.90 Å². The third kappa shape index (κ3) is 2.73. The number of aliphatic hydroxyl groups is 3. The zero-order chi connectivity index (χ0) is 15.8. The second-order valence-corrected chi connectivity index (χ2v) is 6.27. The maximum absolute atomic E-state index is 12.4. The van der Waals surface area contributed by atoms with E-state index in [1.54, 1.807) is 13.8 Å². The molecule has 0 spiro atoms. The van der Waals surface area contributed by atoms with Gasteiger partial charge in [0.25, 0.3) is 0 Å². The minimum absolute atomic E-state index is 0.0555. The number of carbonyl (C=O) groups is 1. The van der Waals surface area contributed by atoms with E-state index in [0.29, 0.717) is 6.42 Å². The van der Waals surface area contributed by atoms with Crippen LogP contribution in [-0.4, -0.2) is 69.7 Å². The molecule has 2 aliphatic heterocycles. The molecule has 3 N–H and O–H groups in total. The number of hydrogen-bond acceptors (Lipinski definition) is 6. The Labute approximate surface area is 125 Å². The molecule has 0 saturated carbocycles. The van der Waals surface area contributed by atoms with Gasteiger partial charge in [0.15, 0.2) is 5.60 Å². The fourth-order valence-electron chi connectivity index (χ4n) is 3.26. The van der Waals surface area contributed by atoms with Crippen molar-refractivity contribution in [2.24, 2.45) is 5.92 Å². The highest BCUT2D eigenvalue weighted by atomic mass is 16.6. The lowest BCUT2D eigenvalue weighted by Gasteiger charge is -2.34. The topological polar surface area (TPSA) is 90.2 Å². The number of aliphatic hydroxyl groups excluding tert-OH is 2. The molecule has 1 saturated heterocycles. The third-order valence-electron chi connectivity index (χ3n) is 4.70. The van der Waals surface area contributed by atoms with Crippen molar-refractivity contribution in [3.63, 3.8) is 0 Å². The van der Waals surface area contributed by atoms with E-state index in [1.165, 1.54) is 6.92 Å². The lowest BCUT2D eigenvalue weighted by molar-refractivity contribution is -0.190. The molecule has 6 heteroatoms. The summed E-state index contributed by atoms with van der Waals surface area (Å²) in [6, 6.07) is -0.107. The molecule has 1 fully saturated rings. The maximum atomic E-state index is 12.4. The van der Waals surface area contributed by atoms with Crippen LogP contribution in [0.3, 0.4) is 0 Å². The highest BCUT2D eigenvalue weighted by Gasteiger charge is 2.49. The van der Waals surface area contributed by atoms with E-state index >= 15 is 0 Å². The summed E-state index contributed by atoms with van der Waals surface area (Å²) in [6.45, 7) is 6.21. The molecule has 0 unspecified atom stereocenters. The van der Waals surface area contributed by atoms with Gasteiger partial charge in [-0.05, 0) is 24.8 Å². The number of nitrogens with zero attached hydrogens (tertiary/aromatic N) is 1. The summed E-state index contributed by atoms with van der Waals surface area (Å²) in [6.07, 6.45) is 1.02. The third-order valence-corrected chi connectivity index (χ3v) is 4.70. The van der Waals surface area contributed by atoms with Gasteiger partial charge in [-0.15, -0.1) is 0 Å². The Hall–Kier alpha value is -0.950. The normalized spacial score (nSPS) is 30.0. The van der Waals surface area contributed by atoms with Crippen LogP contribution in [-0.2, 0) is 9.53 Å². The molecule has 2 rings (SSSR count). The lowest BCUT2D eigenvalue weighted by atomic mass is 9.85. The van der Waals surface area contributed by atoms with Gasteiger partial charge >= 0.3 is 5.97 Å². The summed E-state index contributed by atoms with van der Waals surface area (Å²) >= 11 is 0. The van der Waals surface area contributed by atoms with Crippen LogP contribution in [0.5, 0.6) is 0 Å². The van der Waals surface area contributed by atoms with Crippen LogP contribution in [0, 0.1) is 5.92 Å². The summed E-state index contributed by atoms with van der Waals surface area (Å²) in [5.74, 6) is -1.25. The van der Waals surface area contributed by atoms with Crippen LogP contribution in [0.1, 0.15) is 27.2 Å². The summed E-state index contributed by atoms with van der Waals surface area (Å²) in [5.41, 5.74) is -1.05. The molecule has 2 heterocycles. The Morgan fingerprint density at radius 2 is 2.19 bits per heavy atom. The van der Waals surface area contributed by atoms with E-state index in [1.807, 2.05) is 6.08 Å². The molecular formula is C15H25NO5. The number of rotatable bonds is 5. The molecule has 0 aromatic rings.